The number of allylic oxidation sites excluding steroid dienone is 2. The highest BCUT2D eigenvalue weighted by Gasteiger charge is 2.51. The predicted octanol–water partition coefficient (Wildman–Crippen LogP) is 5.91. The number of carbonyl (C=O) groups is 3. The zero-order chi connectivity index (χ0) is 41.2. The number of hydrogen-bond donors (Lipinski definition) is 3. The van der Waals surface area contributed by atoms with Crippen LogP contribution in [0.1, 0.15) is 57.5 Å². The maximum Gasteiger partial charge on any atom is 0.312 e. The molecule has 15 heteroatoms. The van der Waals surface area contributed by atoms with Crippen LogP contribution in [0.3, 0.4) is 0 Å². The minimum absolute atomic E-state index is 0.0334. The number of fused-ring (bicyclic) bond motifs is 9. The molecule has 3 N–H and O–H groups in total. The predicted molar refractivity (Wildman–Crippen MR) is 205 cm³/mol. The van der Waals surface area contributed by atoms with Gasteiger partial charge in [0.25, 0.3) is 11.7 Å². The Balaban J connectivity index is 1.45. The van der Waals surface area contributed by atoms with Gasteiger partial charge in [-0.15, -0.1) is 0 Å². The zero-order valence-corrected chi connectivity index (χ0v) is 32.5. The molecular weight excluding hydrogens is 743 g/mol. The highest BCUT2D eigenvalue weighted by atomic mass is 19.1. The summed E-state index contributed by atoms with van der Waals surface area (Å²) < 4.78 is 50.6. The number of phenolic OH excluding ortho intramolecular Hbond substituents is 1. The van der Waals surface area contributed by atoms with Crippen molar-refractivity contribution in [1.82, 2.24) is 4.98 Å². The summed E-state index contributed by atoms with van der Waals surface area (Å²) in [6.07, 6.45) is 3.40. The second-order valence-corrected chi connectivity index (χ2v) is 15.1. The molecule has 7 bridgehead atoms. The lowest BCUT2D eigenvalue weighted by Crippen LogP contribution is -2.46. The van der Waals surface area contributed by atoms with E-state index in [1.807, 2.05) is 13.8 Å². The molecule has 57 heavy (non-hydrogen) atoms. The van der Waals surface area contributed by atoms with Crippen molar-refractivity contribution in [2.24, 2.45) is 17.8 Å². The Labute approximate surface area is 325 Å². The first-order valence-corrected chi connectivity index (χ1v) is 18.5. The van der Waals surface area contributed by atoms with Crippen LogP contribution in [-0.4, -0.2) is 76.3 Å². The molecular formula is C42H43FN2O12. The first-order valence-electron chi connectivity index (χ1n) is 18.5. The molecule has 4 aromatic rings. The Kier molecular flexibility index (Phi) is 10.2. The van der Waals surface area contributed by atoms with Gasteiger partial charge in [-0.2, -0.15) is 0 Å². The quantitative estimate of drug-likeness (QED) is 0.0942. The molecule has 1 amide bonds. The number of ether oxygens (including phenoxy) is 5. The topological polar surface area (TPSA) is 193 Å². The van der Waals surface area contributed by atoms with Crippen molar-refractivity contribution < 1.29 is 57.1 Å². The first-order chi connectivity index (χ1) is 27.0. The van der Waals surface area contributed by atoms with Crippen molar-refractivity contribution in [2.45, 2.75) is 84.8 Å². The van der Waals surface area contributed by atoms with Crippen LogP contribution in [0.15, 0.2) is 63.6 Å². The lowest BCUT2D eigenvalue weighted by molar-refractivity contribution is -0.168. The smallest absolute Gasteiger partial charge is 0.312 e. The SMILES string of the molecule is CO[C@H]1/C=C/O[C@@]2(C)Oc3c(C)c(=O)c4c(O)c(c5oc6cc(F)ccc6nc5c4c3C2=O)NC(=O)/C(C)=C\C=C\[C@H](C)[C@@H]2O[C@H]([C@H](O)[C@@H]2C)[C@H](OC(C)=O)[C@@H]1C. The number of Topliss-reactive ketones (excluding diaryl/α,β-unsaturated/α-hetero) is 1. The first kappa shape index (κ1) is 39.6. The van der Waals surface area contributed by atoms with E-state index in [-0.39, 0.29) is 67.0 Å². The fourth-order valence-electron chi connectivity index (χ4n) is 7.96. The molecule has 9 atom stereocenters. The van der Waals surface area contributed by atoms with E-state index in [0.717, 1.165) is 12.1 Å². The van der Waals surface area contributed by atoms with E-state index in [9.17, 15) is 33.8 Å². The molecule has 14 nitrogen and oxygen atoms in total. The monoisotopic (exact) mass is 786 g/mol. The summed E-state index contributed by atoms with van der Waals surface area (Å²) >= 11 is 0. The molecule has 5 heterocycles. The average molecular weight is 787 g/mol. The number of benzene rings is 3. The molecule has 8 rings (SSSR count). The van der Waals surface area contributed by atoms with Crippen LogP contribution >= 0.6 is 0 Å². The third-order valence-electron chi connectivity index (χ3n) is 11.2. The van der Waals surface area contributed by atoms with Crippen LogP contribution in [0, 0.1) is 30.5 Å². The van der Waals surface area contributed by atoms with Gasteiger partial charge in [-0.1, -0.05) is 39.0 Å². The number of phenols is 1. The number of aliphatic hydroxyl groups is 1. The van der Waals surface area contributed by atoms with Gasteiger partial charge in [0, 0.05) is 61.3 Å². The third kappa shape index (κ3) is 6.62. The number of halogens is 1. The van der Waals surface area contributed by atoms with Crippen LogP contribution in [-0.2, 0) is 28.5 Å². The maximum atomic E-state index is 14.5. The van der Waals surface area contributed by atoms with E-state index in [4.69, 9.17) is 28.1 Å². The lowest BCUT2D eigenvalue weighted by Gasteiger charge is -2.33. The number of aliphatic hydroxyl groups excluding tert-OH is 1. The summed E-state index contributed by atoms with van der Waals surface area (Å²) in [4.78, 5) is 59.4. The second kappa shape index (κ2) is 14.7. The number of nitrogens with zero attached hydrogens (tertiary/aromatic N) is 1. The largest absolute Gasteiger partial charge is 0.505 e. The minimum atomic E-state index is -2.05. The normalized spacial score (nSPS) is 31.3. The Bertz CT molecular complexity index is 2510. The summed E-state index contributed by atoms with van der Waals surface area (Å²) in [6, 6.07) is 3.58. The number of anilines is 1. The van der Waals surface area contributed by atoms with Crippen molar-refractivity contribution >= 4 is 56.3 Å². The highest BCUT2D eigenvalue weighted by molar-refractivity contribution is 6.26. The molecule has 4 aliphatic heterocycles. The Morgan fingerprint density at radius 1 is 1.05 bits per heavy atom. The Morgan fingerprint density at radius 3 is 2.49 bits per heavy atom. The Morgan fingerprint density at radius 2 is 1.79 bits per heavy atom. The van der Waals surface area contributed by atoms with E-state index in [0.29, 0.717) is 0 Å². The Hall–Kier alpha value is -5.64. The van der Waals surface area contributed by atoms with Gasteiger partial charge < -0.3 is 43.6 Å². The summed E-state index contributed by atoms with van der Waals surface area (Å²) in [5, 5.41) is 25.4. The second-order valence-electron chi connectivity index (χ2n) is 15.1. The molecule has 3 aromatic carbocycles. The van der Waals surface area contributed by atoms with Crippen LogP contribution < -0.4 is 15.5 Å². The van der Waals surface area contributed by atoms with E-state index < -0.39 is 82.8 Å². The number of methoxy groups -OCH3 is 1. The van der Waals surface area contributed by atoms with E-state index in [2.05, 4.69) is 10.3 Å². The van der Waals surface area contributed by atoms with E-state index in [1.165, 1.54) is 59.3 Å². The van der Waals surface area contributed by atoms with E-state index >= 15 is 0 Å². The average Bonchev–Trinajstić information content (AvgIpc) is 3.61. The molecule has 1 fully saturated rings. The van der Waals surface area contributed by atoms with Gasteiger partial charge in [-0.3, -0.25) is 19.2 Å². The maximum absolute atomic E-state index is 14.5. The van der Waals surface area contributed by atoms with Gasteiger partial charge in [-0.05, 0) is 32.1 Å². The molecule has 300 valence electrons. The number of aromatic hydroxyl groups is 1. The number of hydrogen-bond acceptors (Lipinski definition) is 13. The summed E-state index contributed by atoms with van der Waals surface area (Å²) in [5.41, 5.74) is -1.27. The number of amides is 1. The standard InChI is InChI=1S/C42H43FN2O12/c1-17-10-9-11-18(2)41(51)45-31-34(49)28-27(30-38(31)55-26-16-23(43)12-13-24(26)44-30)29-36(20(4)32(28)47)57-42(7,40(29)50)53-15-14-25(52-8)19(3)37(54-22(6)46)39-33(48)21(5)35(17)56-39/h9-17,19,21,25,33,35,37,39,48-49H,1-8H3,(H,45,51)/b10-9+,15-14+,18-11-/t17-,19+,21-,25-,33+,35-,37+,39+,42-/m0/s1. The number of aromatic nitrogens is 1. The van der Waals surface area contributed by atoms with E-state index in [1.54, 1.807) is 19.1 Å². The third-order valence-corrected chi connectivity index (χ3v) is 11.2. The van der Waals surface area contributed by atoms with Gasteiger partial charge in [0.15, 0.2) is 22.3 Å². The molecule has 0 spiro atoms. The molecule has 1 saturated heterocycles. The van der Waals surface area contributed by atoms with Gasteiger partial charge in [-0.25, -0.2) is 9.37 Å². The number of nitrogens with one attached hydrogen (secondary N) is 1. The van der Waals surface area contributed by atoms with Crippen molar-refractivity contribution in [2.75, 3.05) is 12.4 Å². The fraction of sp³-hybridized carbons (Fsp3) is 0.405. The number of rotatable bonds is 2. The summed E-state index contributed by atoms with van der Waals surface area (Å²) in [5.74, 6) is -6.87. The molecule has 1 aromatic heterocycles. The van der Waals surface area contributed by atoms with Crippen LogP contribution in [0.25, 0.3) is 33.0 Å². The van der Waals surface area contributed by atoms with Crippen LogP contribution in [0.2, 0.25) is 0 Å². The van der Waals surface area contributed by atoms with Gasteiger partial charge in [0.05, 0.1) is 35.5 Å². The van der Waals surface area contributed by atoms with Crippen molar-refractivity contribution in [3.8, 4) is 11.5 Å². The number of esters is 1. The molecule has 0 unspecified atom stereocenters. The lowest BCUT2D eigenvalue weighted by atomic mass is 9.86. The molecule has 0 radical (unpaired) electrons. The van der Waals surface area contributed by atoms with Crippen molar-refractivity contribution in [1.29, 1.82) is 0 Å². The van der Waals surface area contributed by atoms with Gasteiger partial charge in [0.2, 0.25) is 0 Å². The van der Waals surface area contributed by atoms with Crippen molar-refractivity contribution in [3.05, 3.63) is 81.5 Å². The fourth-order valence-corrected chi connectivity index (χ4v) is 7.96. The zero-order valence-electron chi connectivity index (χ0n) is 32.5. The van der Waals surface area contributed by atoms with Gasteiger partial charge in [0.1, 0.15) is 40.5 Å². The van der Waals surface area contributed by atoms with Gasteiger partial charge >= 0.3 is 11.8 Å². The number of carbonyl (C=O) groups excluding carboxylic acids is 3. The minimum Gasteiger partial charge on any atom is -0.505 e. The summed E-state index contributed by atoms with van der Waals surface area (Å²) in [6.45, 7) is 11.0. The molecule has 4 aliphatic rings. The van der Waals surface area contributed by atoms with Crippen LogP contribution in [0.5, 0.6) is 11.5 Å². The van der Waals surface area contributed by atoms with Crippen LogP contribution in [0.4, 0.5) is 10.1 Å². The molecule has 0 aliphatic carbocycles. The number of ketones is 1. The van der Waals surface area contributed by atoms with Crippen molar-refractivity contribution in [3.63, 3.8) is 0 Å². The highest BCUT2D eigenvalue weighted by Crippen LogP contribution is 2.48. The molecule has 0 saturated carbocycles. The summed E-state index contributed by atoms with van der Waals surface area (Å²) in [7, 11) is 1.43.